The van der Waals surface area contributed by atoms with Crippen LogP contribution in [0.5, 0.6) is 0 Å². The van der Waals surface area contributed by atoms with Gasteiger partial charge < -0.3 is 14.2 Å². The van der Waals surface area contributed by atoms with E-state index in [1.807, 2.05) is 20.8 Å². The summed E-state index contributed by atoms with van der Waals surface area (Å²) in [7, 11) is 0. The summed E-state index contributed by atoms with van der Waals surface area (Å²) >= 11 is 0. The maximum atomic E-state index is 10.9. The molecule has 0 aliphatic rings. The van der Waals surface area contributed by atoms with E-state index in [1.54, 1.807) is 0 Å². The summed E-state index contributed by atoms with van der Waals surface area (Å²) in [5.74, 6) is 0.242. The molecule has 4 nitrogen and oxygen atoms in total. The Balaban J connectivity index is 3.12. The van der Waals surface area contributed by atoms with E-state index in [4.69, 9.17) is 14.2 Å². The highest BCUT2D eigenvalue weighted by atomic mass is 16.5. The highest BCUT2D eigenvalue weighted by Gasteiger charge is 2.00. The Hall–Kier alpha value is -0.450. The molecule has 0 aromatic rings. The third-order valence-corrected chi connectivity index (χ3v) is 2.10. The van der Waals surface area contributed by atoms with Gasteiger partial charge in [0, 0.05) is 19.4 Å². The molecule has 0 aliphatic heterocycles. The van der Waals surface area contributed by atoms with Crippen LogP contribution in [0.25, 0.3) is 0 Å². The molecule has 0 rings (SSSR count). The van der Waals surface area contributed by atoms with Crippen molar-refractivity contribution >= 4 is 5.78 Å². The van der Waals surface area contributed by atoms with Crippen molar-refractivity contribution in [1.82, 2.24) is 0 Å². The van der Waals surface area contributed by atoms with Gasteiger partial charge in [0.15, 0.2) is 0 Å². The zero-order chi connectivity index (χ0) is 12.2. The quantitative estimate of drug-likeness (QED) is 0.510. The summed E-state index contributed by atoms with van der Waals surface area (Å²) < 4.78 is 15.9. The van der Waals surface area contributed by atoms with Crippen molar-refractivity contribution < 1.29 is 19.0 Å². The maximum Gasteiger partial charge on any atom is 0.134 e. The lowest BCUT2D eigenvalue weighted by molar-refractivity contribution is -0.120. The molecule has 0 saturated heterocycles. The molecule has 1 atom stereocenters. The second-order valence-corrected chi connectivity index (χ2v) is 3.60. The molecular formula is C12H24O4. The Morgan fingerprint density at radius 1 is 1.12 bits per heavy atom. The van der Waals surface area contributed by atoms with Crippen LogP contribution in [0.15, 0.2) is 0 Å². The third kappa shape index (κ3) is 10.1. The van der Waals surface area contributed by atoms with E-state index in [-0.39, 0.29) is 11.9 Å². The normalized spacial score (nSPS) is 12.7. The summed E-state index contributed by atoms with van der Waals surface area (Å²) in [6.07, 6.45) is 1.23. The number of rotatable bonds is 11. The number of hydrogen-bond acceptors (Lipinski definition) is 4. The van der Waals surface area contributed by atoms with Gasteiger partial charge in [-0.25, -0.2) is 0 Å². The van der Waals surface area contributed by atoms with Crippen molar-refractivity contribution in [2.75, 3.05) is 33.0 Å². The number of ether oxygens (including phenoxy) is 3. The van der Waals surface area contributed by atoms with Crippen LogP contribution in [0.4, 0.5) is 0 Å². The zero-order valence-corrected chi connectivity index (χ0v) is 10.7. The SMILES string of the molecule is CCOC(C)COCCOCCC(=O)CC. The van der Waals surface area contributed by atoms with Gasteiger partial charge in [0.2, 0.25) is 0 Å². The van der Waals surface area contributed by atoms with E-state index in [0.29, 0.717) is 45.9 Å². The molecule has 0 saturated carbocycles. The van der Waals surface area contributed by atoms with Crippen molar-refractivity contribution in [3.63, 3.8) is 0 Å². The summed E-state index contributed by atoms with van der Waals surface area (Å²) in [6.45, 7) is 8.69. The van der Waals surface area contributed by atoms with Gasteiger partial charge in [-0.3, -0.25) is 4.79 Å². The lowest BCUT2D eigenvalue weighted by Gasteiger charge is -2.11. The van der Waals surface area contributed by atoms with Gasteiger partial charge in [0.25, 0.3) is 0 Å². The second kappa shape index (κ2) is 11.0. The largest absolute Gasteiger partial charge is 0.379 e. The van der Waals surface area contributed by atoms with Crippen LogP contribution in [0, 0.1) is 0 Å². The van der Waals surface area contributed by atoms with E-state index in [2.05, 4.69) is 0 Å². The monoisotopic (exact) mass is 232 g/mol. The van der Waals surface area contributed by atoms with Gasteiger partial charge in [0.1, 0.15) is 5.78 Å². The van der Waals surface area contributed by atoms with Crippen LogP contribution in [0.2, 0.25) is 0 Å². The summed E-state index contributed by atoms with van der Waals surface area (Å²) in [5, 5.41) is 0. The molecule has 0 fully saturated rings. The van der Waals surface area contributed by atoms with E-state index < -0.39 is 0 Å². The minimum atomic E-state index is 0.131. The number of carbonyl (C=O) groups is 1. The minimum absolute atomic E-state index is 0.131. The average molecular weight is 232 g/mol. The smallest absolute Gasteiger partial charge is 0.134 e. The number of hydrogen-bond donors (Lipinski definition) is 0. The fraction of sp³-hybridized carbons (Fsp3) is 0.917. The fourth-order valence-corrected chi connectivity index (χ4v) is 1.16. The van der Waals surface area contributed by atoms with Gasteiger partial charge >= 0.3 is 0 Å². The maximum absolute atomic E-state index is 10.9. The zero-order valence-electron chi connectivity index (χ0n) is 10.7. The fourth-order valence-electron chi connectivity index (χ4n) is 1.16. The van der Waals surface area contributed by atoms with E-state index in [1.165, 1.54) is 0 Å². The average Bonchev–Trinajstić information content (AvgIpc) is 2.27. The van der Waals surface area contributed by atoms with Crippen molar-refractivity contribution in [2.45, 2.75) is 39.7 Å². The van der Waals surface area contributed by atoms with Gasteiger partial charge in [-0.1, -0.05) is 6.92 Å². The molecule has 16 heavy (non-hydrogen) atoms. The number of Topliss-reactive ketones (excluding diaryl/α,β-unsaturated/α-hetero) is 1. The summed E-state index contributed by atoms with van der Waals surface area (Å²) in [4.78, 5) is 10.9. The van der Waals surface area contributed by atoms with Gasteiger partial charge in [-0.05, 0) is 13.8 Å². The Morgan fingerprint density at radius 2 is 1.81 bits per heavy atom. The lowest BCUT2D eigenvalue weighted by Crippen LogP contribution is -2.18. The van der Waals surface area contributed by atoms with Crippen molar-refractivity contribution in [3.8, 4) is 0 Å². The molecule has 0 aromatic heterocycles. The second-order valence-electron chi connectivity index (χ2n) is 3.60. The Kier molecular flexibility index (Phi) is 10.7. The van der Waals surface area contributed by atoms with Crippen LogP contribution < -0.4 is 0 Å². The Bertz CT molecular complexity index is 170. The standard InChI is InChI=1S/C12H24O4/c1-4-12(13)6-7-14-8-9-15-10-11(3)16-5-2/h11H,4-10H2,1-3H3. The first-order valence-electron chi connectivity index (χ1n) is 5.99. The summed E-state index contributed by atoms with van der Waals surface area (Å²) in [5.41, 5.74) is 0. The first kappa shape index (κ1) is 15.6. The predicted octanol–water partition coefficient (Wildman–Crippen LogP) is 1.81. The highest BCUT2D eigenvalue weighted by Crippen LogP contribution is 1.93. The Morgan fingerprint density at radius 3 is 2.44 bits per heavy atom. The number of ketones is 1. The molecule has 4 heteroatoms. The molecule has 0 spiro atoms. The highest BCUT2D eigenvalue weighted by molar-refractivity contribution is 5.78. The lowest BCUT2D eigenvalue weighted by atomic mass is 10.2. The van der Waals surface area contributed by atoms with Crippen molar-refractivity contribution in [2.24, 2.45) is 0 Å². The molecule has 96 valence electrons. The van der Waals surface area contributed by atoms with Crippen LogP contribution in [-0.4, -0.2) is 44.9 Å². The molecule has 0 aliphatic carbocycles. The molecular weight excluding hydrogens is 208 g/mol. The van der Waals surface area contributed by atoms with Gasteiger partial charge in [-0.15, -0.1) is 0 Å². The molecule has 0 bridgehead atoms. The van der Waals surface area contributed by atoms with E-state index in [0.717, 1.165) is 0 Å². The minimum Gasteiger partial charge on any atom is -0.379 e. The molecule has 0 radical (unpaired) electrons. The van der Waals surface area contributed by atoms with E-state index in [9.17, 15) is 4.79 Å². The first-order chi connectivity index (χ1) is 7.70. The Labute approximate surface area is 98.3 Å². The first-order valence-corrected chi connectivity index (χ1v) is 5.99. The van der Waals surface area contributed by atoms with Crippen LogP contribution in [-0.2, 0) is 19.0 Å². The van der Waals surface area contributed by atoms with Crippen molar-refractivity contribution in [1.29, 1.82) is 0 Å². The summed E-state index contributed by atoms with van der Waals surface area (Å²) in [6, 6.07) is 0. The predicted molar refractivity (Wildman–Crippen MR) is 62.6 cm³/mol. The third-order valence-electron chi connectivity index (χ3n) is 2.10. The molecule has 0 amide bonds. The van der Waals surface area contributed by atoms with Crippen LogP contribution in [0.3, 0.4) is 0 Å². The molecule has 1 unspecified atom stereocenters. The van der Waals surface area contributed by atoms with Crippen LogP contribution in [0.1, 0.15) is 33.6 Å². The van der Waals surface area contributed by atoms with Gasteiger partial charge in [0.05, 0.1) is 32.5 Å². The topological polar surface area (TPSA) is 44.8 Å². The van der Waals surface area contributed by atoms with Crippen molar-refractivity contribution in [3.05, 3.63) is 0 Å². The molecule has 0 heterocycles. The molecule has 0 aromatic carbocycles. The molecule has 0 N–H and O–H groups in total. The number of carbonyl (C=O) groups excluding carboxylic acids is 1. The van der Waals surface area contributed by atoms with E-state index >= 15 is 0 Å². The van der Waals surface area contributed by atoms with Gasteiger partial charge in [-0.2, -0.15) is 0 Å². The van der Waals surface area contributed by atoms with Crippen LogP contribution >= 0.6 is 0 Å².